The van der Waals surface area contributed by atoms with Gasteiger partial charge in [-0.15, -0.1) is 0 Å². The van der Waals surface area contributed by atoms with E-state index in [0.29, 0.717) is 42.6 Å². The van der Waals surface area contributed by atoms with Crippen molar-refractivity contribution in [2.24, 2.45) is 0 Å². The van der Waals surface area contributed by atoms with E-state index >= 15 is 0 Å². The van der Waals surface area contributed by atoms with Crippen molar-refractivity contribution in [1.29, 1.82) is 0 Å². The lowest BCUT2D eigenvalue weighted by atomic mass is 9.98. The van der Waals surface area contributed by atoms with Crippen LogP contribution in [0.15, 0.2) is 53.1 Å². The number of nitrogens with zero attached hydrogens (tertiary/aromatic N) is 2. The summed E-state index contributed by atoms with van der Waals surface area (Å²) in [5, 5.41) is 0. The van der Waals surface area contributed by atoms with E-state index in [1.54, 1.807) is 50.6 Å². The summed E-state index contributed by atoms with van der Waals surface area (Å²) in [6.07, 6.45) is 4.15. The number of methoxy groups -OCH3 is 3. The standard InChI is InChI=1S/C26H30N2O6/c1-30-21-10-5-4-8-18(21)14-20-15-27-26(34-20)19-9-7-13-28(16-19)24(29)17-33-25-22(31-2)11-6-12-23(25)32-3/h4-6,8,10-12,15,19H,7,9,13-14,16-17H2,1-3H3/t19-/m1/s1. The van der Waals surface area contributed by atoms with E-state index in [9.17, 15) is 4.79 Å². The average molecular weight is 467 g/mol. The summed E-state index contributed by atoms with van der Waals surface area (Å²) in [7, 11) is 4.76. The molecular weight excluding hydrogens is 436 g/mol. The highest BCUT2D eigenvalue weighted by molar-refractivity contribution is 5.78. The number of ether oxygens (including phenoxy) is 4. The first kappa shape index (κ1) is 23.5. The molecule has 0 aliphatic carbocycles. The molecule has 4 rings (SSSR count). The minimum absolute atomic E-state index is 0.0462. The van der Waals surface area contributed by atoms with Crippen LogP contribution in [0.25, 0.3) is 0 Å². The van der Waals surface area contributed by atoms with Gasteiger partial charge in [0.1, 0.15) is 11.5 Å². The molecule has 8 heteroatoms. The highest BCUT2D eigenvalue weighted by Crippen LogP contribution is 2.37. The summed E-state index contributed by atoms with van der Waals surface area (Å²) in [6.45, 7) is 1.12. The van der Waals surface area contributed by atoms with Crippen LogP contribution in [-0.2, 0) is 11.2 Å². The lowest BCUT2D eigenvalue weighted by molar-refractivity contribution is -0.134. The van der Waals surface area contributed by atoms with Crippen molar-refractivity contribution in [1.82, 2.24) is 9.88 Å². The predicted octanol–water partition coefficient (Wildman–Crippen LogP) is 4.08. The molecular formula is C26H30N2O6. The van der Waals surface area contributed by atoms with Crippen LogP contribution in [0.5, 0.6) is 23.0 Å². The van der Waals surface area contributed by atoms with Gasteiger partial charge in [-0.25, -0.2) is 4.98 Å². The Morgan fingerprint density at radius 2 is 1.74 bits per heavy atom. The van der Waals surface area contributed by atoms with E-state index in [1.807, 2.05) is 24.3 Å². The number of hydrogen-bond donors (Lipinski definition) is 0. The Morgan fingerprint density at radius 1 is 1.03 bits per heavy atom. The summed E-state index contributed by atoms with van der Waals surface area (Å²) < 4.78 is 28.0. The lowest BCUT2D eigenvalue weighted by Gasteiger charge is -2.31. The molecule has 0 radical (unpaired) electrons. The van der Waals surface area contributed by atoms with Crippen LogP contribution >= 0.6 is 0 Å². The van der Waals surface area contributed by atoms with Gasteiger partial charge in [-0.3, -0.25) is 4.79 Å². The SMILES string of the molecule is COc1ccccc1Cc1cnc([C@@H]2CCCN(C(=O)COc3c(OC)cccc3OC)C2)o1. The van der Waals surface area contributed by atoms with Crippen molar-refractivity contribution in [3.63, 3.8) is 0 Å². The number of carbonyl (C=O) groups is 1. The topological polar surface area (TPSA) is 83.3 Å². The number of piperidine rings is 1. The number of benzene rings is 2. The van der Waals surface area contributed by atoms with E-state index in [-0.39, 0.29) is 18.4 Å². The van der Waals surface area contributed by atoms with Crippen LogP contribution in [-0.4, -0.2) is 56.8 Å². The number of aromatic nitrogens is 1. The second-order valence-corrected chi connectivity index (χ2v) is 8.11. The normalized spacial score (nSPS) is 15.6. The summed E-state index contributed by atoms with van der Waals surface area (Å²) >= 11 is 0. The molecule has 1 aromatic heterocycles. The molecule has 1 amide bonds. The van der Waals surface area contributed by atoms with Crippen LogP contribution in [0.4, 0.5) is 0 Å². The minimum Gasteiger partial charge on any atom is -0.496 e. The van der Waals surface area contributed by atoms with Crippen LogP contribution < -0.4 is 18.9 Å². The highest BCUT2D eigenvalue weighted by atomic mass is 16.5. The second kappa shape index (κ2) is 11.0. The van der Waals surface area contributed by atoms with Crippen molar-refractivity contribution in [2.75, 3.05) is 41.0 Å². The summed E-state index contributed by atoms with van der Waals surface area (Å²) in [5.74, 6) is 3.66. The fourth-order valence-electron chi connectivity index (χ4n) is 4.22. The number of hydrogen-bond acceptors (Lipinski definition) is 7. The van der Waals surface area contributed by atoms with Gasteiger partial charge in [0.05, 0.1) is 33.4 Å². The molecule has 1 atom stereocenters. The van der Waals surface area contributed by atoms with Crippen LogP contribution in [0.3, 0.4) is 0 Å². The third kappa shape index (κ3) is 5.27. The van der Waals surface area contributed by atoms with Gasteiger partial charge in [0, 0.05) is 25.1 Å². The highest BCUT2D eigenvalue weighted by Gasteiger charge is 2.28. The summed E-state index contributed by atoms with van der Waals surface area (Å²) in [6, 6.07) is 13.2. The third-order valence-corrected chi connectivity index (χ3v) is 5.97. The molecule has 2 heterocycles. The monoisotopic (exact) mass is 466 g/mol. The molecule has 1 fully saturated rings. The zero-order valence-electron chi connectivity index (χ0n) is 19.8. The Kier molecular flexibility index (Phi) is 7.57. The Bertz CT molecular complexity index is 1090. The first-order valence-electron chi connectivity index (χ1n) is 11.3. The quantitative estimate of drug-likeness (QED) is 0.470. The fraction of sp³-hybridized carbons (Fsp3) is 0.385. The molecule has 0 N–H and O–H groups in total. The first-order chi connectivity index (χ1) is 16.6. The van der Waals surface area contributed by atoms with Gasteiger partial charge < -0.3 is 28.3 Å². The zero-order valence-corrected chi connectivity index (χ0v) is 19.8. The molecule has 180 valence electrons. The van der Waals surface area contributed by atoms with Gasteiger partial charge in [0.2, 0.25) is 5.75 Å². The van der Waals surface area contributed by atoms with Crippen molar-refractivity contribution >= 4 is 5.91 Å². The maximum Gasteiger partial charge on any atom is 0.260 e. The van der Waals surface area contributed by atoms with E-state index in [0.717, 1.165) is 29.9 Å². The first-order valence-corrected chi connectivity index (χ1v) is 11.3. The largest absolute Gasteiger partial charge is 0.496 e. The van der Waals surface area contributed by atoms with Gasteiger partial charge in [-0.2, -0.15) is 0 Å². The van der Waals surface area contributed by atoms with E-state index in [2.05, 4.69) is 4.98 Å². The fourth-order valence-corrected chi connectivity index (χ4v) is 4.22. The number of para-hydroxylation sites is 2. The smallest absolute Gasteiger partial charge is 0.260 e. The van der Waals surface area contributed by atoms with Crippen molar-refractivity contribution in [3.8, 4) is 23.0 Å². The van der Waals surface area contributed by atoms with Gasteiger partial charge in [0.25, 0.3) is 5.91 Å². The molecule has 0 spiro atoms. The molecule has 0 unspecified atom stereocenters. The number of oxazole rings is 1. The van der Waals surface area contributed by atoms with Crippen molar-refractivity contribution in [2.45, 2.75) is 25.2 Å². The molecule has 1 aliphatic rings. The van der Waals surface area contributed by atoms with E-state index in [4.69, 9.17) is 23.4 Å². The Hall–Kier alpha value is -3.68. The second-order valence-electron chi connectivity index (χ2n) is 8.11. The zero-order chi connectivity index (χ0) is 23.9. The molecule has 0 bridgehead atoms. The van der Waals surface area contributed by atoms with E-state index < -0.39 is 0 Å². The van der Waals surface area contributed by atoms with Crippen LogP contribution in [0.1, 0.15) is 36.0 Å². The van der Waals surface area contributed by atoms with Crippen molar-refractivity contribution < 1.29 is 28.2 Å². The maximum absolute atomic E-state index is 12.9. The number of amides is 1. The van der Waals surface area contributed by atoms with Crippen molar-refractivity contribution in [3.05, 3.63) is 65.9 Å². The predicted molar refractivity (Wildman–Crippen MR) is 126 cm³/mol. The Labute approximate surface area is 199 Å². The van der Waals surface area contributed by atoms with Gasteiger partial charge in [-0.1, -0.05) is 24.3 Å². The van der Waals surface area contributed by atoms with Gasteiger partial charge >= 0.3 is 0 Å². The molecule has 8 nitrogen and oxygen atoms in total. The summed E-state index contributed by atoms with van der Waals surface area (Å²) in [5.41, 5.74) is 1.04. The van der Waals surface area contributed by atoms with E-state index in [1.165, 1.54) is 0 Å². The Balaban J connectivity index is 1.38. The van der Waals surface area contributed by atoms with Crippen LogP contribution in [0.2, 0.25) is 0 Å². The van der Waals surface area contributed by atoms with Gasteiger partial charge in [0.15, 0.2) is 24.0 Å². The average Bonchev–Trinajstić information content (AvgIpc) is 3.36. The summed E-state index contributed by atoms with van der Waals surface area (Å²) in [4.78, 5) is 19.2. The maximum atomic E-state index is 12.9. The minimum atomic E-state index is -0.103. The number of rotatable bonds is 9. The Morgan fingerprint density at radius 3 is 2.47 bits per heavy atom. The third-order valence-electron chi connectivity index (χ3n) is 5.97. The molecule has 2 aromatic carbocycles. The molecule has 34 heavy (non-hydrogen) atoms. The molecule has 1 saturated heterocycles. The molecule has 0 saturated carbocycles. The van der Waals surface area contributed by atoms with Gasteiger partial charge in [-0.05, 0) is 31.0 Å². The lowest BCUT2D eigenvalue weighted by Crippen LogP contribution is -2.41. The molecule has 1 aliphatic heterocycles. The number of carbonyl (C=O) groups excluding carboxylic acids is 1. The number of likely N-dealkylation sites (tertiary alicyclic amines) is 1. The molecule has 3 aromatic rings. The van der Waals surface area contributed by atoms with Crippen LogP contribution in [0, 0.1) is 0 Å².